The number of β-amino-alcohol motifs (C(OH)–C–C–N with tert-alkyl or cyclic N) is 1. The first-order valence-corrected chi connectivity index (χ1v) is 9.09. The lowest BCUT2D eigenvalue weighted by atomic mass is 9.84. The Bertz CT molecular complexity index is 672. The molecule has 25 heavy (non-hydrogen) atoms. The third kappa shape index (κ3) is 2.92. The van der Waals surface area contributed by atoms with E-state index in [9.17, 15) is 19.1 Å². The molecule has 1 N–H and O–H groups in total. The van der Waals surface area contributed by atoms with Crippen molar-refractivity contribution in [1.82, 2.24) is 9.80 Å². The minimum absolute atomic E-state index is 0.0600. The topological polar surface area (TPSA) is 60.9 Å². The van der Waals surface area contributed by atoms with Crippen LogP contribution in [0, 0.1) is 11.7 Å². The van der Waals surface area contributed by atoms with E-state index in [0.717, 1.165) is 25.7 Å². The van der Waals surface area contributed by atoms with Gasteiger partial charge in [0.05, 0.1) is 6.10 Å². The molecule has 2 heterocycles. The number of halogens is 1. The van der Waals surface area contributed by atoms with Crippen LogP contribution in [0.2, 0.25) is 0 Å². The molecule has 4 rings (SSSR count). The fraction of sp³-hybridized carbons (Fsp3) is 0.579. The van der Waals surface area contributed by atoms with Crippen LogP contribution in [-0.4, -0.2) is 58.0 Å². The summed E-state index contributed by atoms with van der Waals surface area (Å²) in [6, 6.07) is 5.17. The van der Waals surface area contributed by atoms with Crippen LogP contribution >= 0.6 is 0 Å². The average molecular weight is 346 g/mol. The molecule has 3 atom stereocenters. The molecule has 6 heteroatoms. The van der Waals surface area contributed by atoms with Crippen LogP contribution in [0.5, 0.6) is 0 Å². The molecule has 1 aromatic rings. The number of nitrogens with zero attached hydrogens (tertiary/aromatic N) is 2. The SMILES string of the molecule is O=C(C1CC2CCCCC2N1C(=O)c1ccc(F)cc1)N1CC(O)C1. The first kappa shape index (κ1) is 16.5. The average Bonchev–Trinajstić information content (AvgIpc) is 2.98. The zero-order valence-electron chi connectivity index (χ0n) is 14.1. The zero-order chi connectivity index (χ0) is 17.6. The predicted molar refractivity (Wildman–Crippen MR) is 89.3 cm³/mol. The van der Waals surface area contributed by atoms with Gasteiger partial charge in [-0.1, -0.05) is 12.8 Å². The zero-order valence-corrected chi connectivity index (χ0v) is 14.1. The molecule has 2 amide bonds. The second kappa shape index (κ2) is 6.41. The monoisotopic (exact) mass is 346 g/mol. The molecule has 0 bridgehead atoms. The number of rotatable bonds is 2. The van der Waals surface area contributed by atoms with Crippen LogP contribution in [-0.2, 0) is 4.79 Å². The standard InChI is InChI=1S/C19H23FN2O3/c20-14-7-5-12(6-8-14)18(24)22-16-4-2-1-3-13(16)9-17(22)19(25)21-10-15(23)11-21/h5-8,13,15-17,23H,1-4,9-11H2. The molecule has 2 saturated heterocycles. The molecule has 3 unspecified atom stereocenters. The summed E-state index contributed by atoms with van der Waals surface area (Å²) in [5.74, 6) is -0.266. The van der Waals surface area contributed by atoms with Gasteiger partial charge in [-0.15, -0.1) is 0 Å². The van der Waals surface area contributed by atoms with Crippen molar-refractivity contribution in [3.05, 3.63) is 35.6 Å². The molecular weight excluding hydrogens is 323 g/mol. The number of carbonyl (C=O) groups is 2. The summed E-state index contributed by atoms with van der Waals surface area (Å²) in [4.78, 5) is 29.4. The number of aliphatic hydroxyl groups excluding tert-OH is 1. The summed E-state index contributed by atoms with van der Waals surface area (Å²) in [6.45, 7) is 0.701. The van der Waals surface area contributed by atoms with Gasteiger partial charge in [0.2, 0.25) is 5.91 Å². The molecule has 0 radical (unpaired) electrons. The lowest BCUT2D eigenvalue weighted by Gasteiger charge is -2.40. The van der Waals surface area contributed by atoms with Crippen molar-refractivity contribution < 1.29 is 19.1 Å². The highest BCUT2D eigenvalue weighted by Gasteiger charge is 2.49. The molecule has 1 aromatic carbocycles. The quantitative estimate of drug-likeness (QED) is 0.888. The number of amides is 2. The largest absolute Gasteiger partial charge is 0.389 e. The van der Waals surface area contributed by atoms with Gasteiger partial charge in [-0.3, -0.25) is 9.59 Å². The Hall–Kier alpha value is -1.95. The minimum atomic E-state index is -0.460. The van der Waals surface area contributed by atoms with Gasteiger partial charge in [0.15, 0.2) is 0 Å². The van der Waals surface area contributed by atoms with Gasteiger partial charge < -0.3 is 14.9 Å². The van der Waals surface area contributed by atoms with Gasteiger partial charge in [0.1, 0.15) is 11.9 Å². The number of aliphatic hydroxyl groups is 1. The van der Waals surface area contributed by atoms with Crippen molar-refractivity contribution in [3.63, 3.8) is 0 Å². The van der Waals surface area contributed by atoms with E-state index in [4.69, 9.17) is 0 Å². The van der Waals surface area contributed by atoms with Crippen LogP contribution in [0.15, 0.2) is 24.3 Å². The fourth-order valence-corrected chi connectivity index (χ4v) is 4.56. The van der Waals surface area contributed by atoms with Crippen molar-refractivity contribution in [2.75, 3.05) is 13.1 Å². The number of hydrogen-bond acceptors (Lipinski definition) is 3. The number of likely N-dealkylation sites (tertiary alicyclic amines) is 2. The molecule has 2 aliphatic heterocycles. The van der Waals surface area contributed by atoms with E-state index in [1.165, 1.54) is 24.3 Å². The van der Waals surface area contributed by atoms with E-state index in [0.29, 0.717) is 31.0 Å². The van der Waals surface area contributed by atoms with E-state index in [1.807, 2.05) is 0 Å². The molecule has 0 aromatic heterocycles. The second-order valence-corrected chi connectivity index (χ2v) is 7.48. The molecule has 134 valence electrons. The molecular formula is C19H23FN2O3. The molecule has 1 saturated carbocycles. The van der Waals surface area contributed by atoms with Crippen molar-refractivity contribution in [2.45, 2.75) is 50.3 Å². The molecule has 1 aliphatic carbocycles. The van der Waals surface area contributed by atoms with Gasteiger partial charge in [-0.05, 0) is 49.4 Å². The first-order chi connectivity index (χ1) is 12.0. The third-order valence-electron chi connectivity index (χ3n) is 5.87. The molecule has 0 spiro atoms. The summed E-state index contributed by atoms with van der Waals surface area (Å²) in [5.41, 5.74) is 0.425. The van der Waals surface area contributed by atoms with E-state index in [2.05, 4.69) is 0 Å². The summed E-state index contributed by atoms with van der Waals surface area (Å²) in [7, 11) is 0. The van der Waals surface area contributed by atoms with E-state index in [1.54, 1.807) is 9.80 Å². The Kier molecular flexibility index (Phi) is 4.23. The van der Waals surface area contributed by atoms with E-state index < -0.39 is 12.1 Å². The highest BCUT2D eigenvalue weighted by atomic mass is 19.1. The normalized spacial score (nSPS) is 29.3. The predicted octanol–water partition coefficient (Wildman–Crippen LogP) is 1.80. The van der Waals surface area contributed by atoms with Crippen LogP contribution < -0.4 is 0 Å². The summed E-state index contributed by atoms with van der Waals surface area (Å²) in [6.07, 6.45) is 4.42. The Morgan fingerprint density at radius 2 is 1.76 bits per heavy atom. The van der Waals surface area contributed by atoms with E-state index in [-0.39, 0.29) is 23.7 Å². The lowest BCUT2D eigenvalue weighted by Crippen LogP contribution is -2.59. The maximum Gasteiger partial charge on any atom is 0.254 e. The first-order valence-electron chi connectivity index (χ1n) is 9.09. The molecule has 3 fully saturated rings. The summed E-state index contributed by atoms with van der Waals surface area (Å²) < 4.78 is 13.2. The van der Waals surface area contributed by atoms with Crippen molar-refractivity contribution in [2.24, 2.45) is 5.92 Å². The molecule has 5 nitrogen and oxygen atoms in total. The number of fused-ring (bicyclic) bond motifs is 1. The third-order valence-corrected chi connectivity index (χ3v) is 5.87. The van der Waals surface area contributed by atoms with Crippen molar-refractivity contribution in [3.8, 4) is 0 Å². The van der Waals surface area contributed by atoms with Gasteiger partial charge in [-0.2, -0.15) is 0 Å². The second-order valence-electron chi connectivity index (χ2n) is 7.48. The highest BCUT2D eigenvalue weighted by Crippen LogP contribution is 2.41. The van der Waals surface area contributed by atoms with Crippen LogP contribution in [0.4, 0.5) is 4.39 Å². The molecule has 3 aliphatic rings. The van der Waals surface area contributed by atoms with Crippen molar-refractivity contribution in [1.29, 1.82) is 0 Å². The van der Waals surface area contributed by atoms with Gasteiger partial charge in [0, 0.05) is 24.7 Å². The van der Waals surface area contributed by atoms with Gasteiger partial charge >= 0.3 is 0 Å². The summed E-state index contributed by atoms with van der Waals surface area (Å²) >= 11 is 0. The fourth-order valence-electron chi connectivity index (χ4n) is 4.56. The Labute approximate surface area is 146 Å². The van der Waals surface area contributed by atoms with E-state index >= 15 is 0 Å². The minimum Gasteiger partial charge on any atom is -0.389 e. The number of benzene rings is 1. The summed E-state index contributed by atoms with van der Waals surface area (Å²) in [5, 5.41) is 9.49. The van der Waals surface area contributed by atoms with Crippen LogP contribution in [0.25, 0.3) is 0 Å². The Morgan fingerprint density at radius 1 is 1.08 bits per heavy atom. The Morgan fingerprint density at radius 3 is 2.44 bits per heavy atom. The van der Waals surface area contributed by atoms with Crippen LogP contribution in [0.3, 0.4) is 0 Å². The van der Waals surface area contributed by atoms with Crippen LogP contribution in [0.1, 0.15) is 42.5 Å². The number of hydrogen-bond donors (Lipinski definition) is 1. The maximum absolute atomic E-state index is 13.2. The smallest absolute Gasteiger partial charge is 0.254 e. The van der Waals surface area contributed by atoms with Gasteiger partial charge in [-0.25, -0.2) is 4.39 Å². The highest BCUT2D eigenvalue weighted by molar-refractivity contribution is 5.98. The van der Waals surface area contributed by atoms with Gasteiger partial charge in [0.25, 0.3) is 5.91 Å². The Balaban J connectivity index is 1.61. The lowest BCUT2D eigenvalue weighted by molar-refractivity contribution is -0.145. The van der Waals surface area contributed by atoms with Crippen molar-refractivity contribution >= 4 is 11.8 Å². The maximum atomic E-state index is 13.2. The number of carbonyl (C=O) groups excluding carboxylic acids is 2.